The van der Waals surface area contributed by atoms with Gasteiger partial charge in [-0.1, -0.05) is 23.7 Å². The molecule has 0 fully saturated rings. The van der Waals surface area contributed by atoms with Gasteiger partial charge in [-0.25, -0.2) is 0 Å². The quantitative estimate of drug-likeness (QED) is 0.576. The summed E-state index contributed by atoms with van der Waals surface area (Å²) in [5, 5.41) is 0.105. The number of hydrogen-bond donors (Lipinski definition) is 0. The van der Waals surface area contributed by atoms with Gasteiger partial charge in [-0.3, -0.25) is 0 Å². The van der Waals surface area contributed by atoms with Gasteiger partial charge in [0.05, 0.1) is 10.9 Å². The van der Waals surface area contributed by atoms with Gasteiger partial charge in [-0.2, -0.15) is 8.42 Å². The van der Waals surface area contributed by atoms with Gasteiger partial charge < -0.3 is 8.92 Å². The standard InChI is InChI=1S/C15H14Cl2O4S/c1-11-8-12(20-7-6-16)10-13(9-11)21-22(18,19)15-5-3-2-4-14(15)17/h2-5,8-10H,6-7H2,1H3. The van der Waals surface area contributed by atoms with Crippen molar-refractivity contribution in [1.29, 1.82) is 0 Å². The van der Waals surface area contributed by atoms with Crippen molar-refractivity contribution in [2.75, 3.05) is 12.5 Å². The minimum atomic E-state index is -4.01. The molecular weight excluding hydrogens is 347 g/mol. The summed E-state index contributed by atoms with van der Waals surface area (Å²) in [4.78, 5) is -0.0820. The molecule has 0 amide bonds. The van der Waals surface area contributed by atoms with Crippen LogP contribution in [0.2, 0.25) is 5.02 Å². The first-order chi connectivity index (χ1) is 10.4. The lowest BCUT2D eigenvalue weighted by molar-refractivity contribution is 0.341. The van der Waals surface area contributed by atoms with E-state index in [9.17, 15) is 8.42 Å². The Morgan fingerprint density at radius 3 is 2.45 bits per heavy atom. The van der Waals surface area contributed by atoms with Crippen molar-refractivity contribution in [3.63, 3.8) is 0 Å². The van der Waals surface area contributed by atoms with Crippen LogP contribution in [0, 0.1) is 6.92 Å². The molecule has 4 nitrogen and oxygen atoms in total. The van der Waals surface area contributed by atoms with Crippen LogP contribution < -0.4 is 8.92 Å². The van der Waals surface area contributed by atoms with Crippen LogP contribution in [0.3, 0.4) is 0 Å². The van der Waals surface area contributed by atoms with E-state index in [1.807, 2.05) is 6.92 Å². The van der Waals surface area contributed by atoms with Crippen LogP contribution >= 0.6 is 23.2 Å². The summed E-state index contributed by atoms with van der Waals surface area (Å²) in [6.45, 7) is 2.13. The molecule has 2 rings (SSSR count). The van der Waals surface area contributed by atoms with Gasteiger partial charge >= 0.3 is 10.1 Å². The van der Waals surface area contributed by atoms with Crippen LogP contribution in [-0.2, 0) is 10.1 Å². The van der Waals surface area contributed by atoms with Gasteiger partial charge in [0.25, 0.3) is 0 Å². The predicted molar refractivity (Wildman–Crippen MR) is 86.7 cm³/mol. The molecule has 0 saturated carbocycles. The van der Waals surface area contributed by atoms with Crippen LogP contribution in [0.1, 0.15) is 5.56 Å². The molecule has 0 bridgehead atoms. The average Bonchev–Trinajstić information content (AvgIpc) is 2.44. The molecule has 0 spiro atoms. The molecular formula is C15H14Cl2O4S. The van der Waals surface area contributed by atoms with Crippen molar-refractivity contribution in [2.45, 2.75) is 11.8 Å². The number of alkyl halides is 1. The third-order valence-corrected chi connectivity index (χ3v) is 4.58. The number of hydrogen-bond acceptors (Lipinski definition) is 4. The van der Waals surface area contributed by atoms with E-state index in [4.69, 9.17) is 32.1 Å². The second kappa shape index (κ2) is 7.22. The van der Waals surface area contributed by atoms with E-state index < -0.39 is 10.1 Å². The molecule has 0 atom stereocenters. The number of aryl methyl sites for hydroxylation is 1. The first-order valence-corrected chi connectivity index (χ1v) is 8.74. The third kappa shape index (κ3) is 4.29. The Morgan fingerprint density at radius 2 is 1.77 bits per heavy atom. The minimum Gasteiger partial charge on any atom is -0.492 e. The molecule has 0 aliphatic carbocycles. The second-order valence-electron chi connectivity index (χ2n) is 4.49. The fourth-order valence-corrected chi connectivity index (χ4v) is 3.31. The zero-order chi connectivity index (χ0) is 16.2. The second-order valence-corrected chi connectivity index (χ2v) is 6.79. The lowest BCUT2D eigenvalue weighted by Crippen LogP contribution is -2.10. The normalized spacial score (nSPS) is 11.2. The summed E-state index contributed by atoms with van der Waals surface area (Å²) in [6.07, 6.45) is 0. The highest BCUT2D eigenvalue weighted by Gasteiger charge is 2.20. The van der Waals surface area contributed by atoms with E-state index in [1.165, 1.54) is 18.2 Å². The number of ether oxygens (including phenoxy) is 1. The summed E-state index contributed by atoms with van der Waals surface area (Å²) in [7, 11) is -4.01. The van der Waals surface area contributed by atoms with Crippen molar-refractivity contribution in [1.82, 2.24) is 0 Å². The zero-order valence-electron chi connectivity index (χ0n) is 11.8. The van der Waals surface area contributed by atoms with Gasteiger partial charge in [0.15, 0.2) is 0 Å². The molecule has 22 heavy (non-hydrogen) atoms. The SMILES string of the molecule is Cc1cc(OCCCl)cc(OS(=O)(=O)c2ccccc2Cl)c1. The van der Waals surface area contributed by atoms with E-state index in [2.05, 4.69) is 0 Å². The summed E-state index contributed by atoms with van der Waals surface area (Å²) in [6, 6.07) is 11.0. The fraction of sp³-hybridized carbons (Fsp3) is 0.200. The maximum Gasteiger partial charge on any atom is 0.340 e. The van der Waals surface area contributed by atoms with Crippen LogP contribution in [0.25, 0.3) is 0 Å². The summed E-state index contributed by atoms with van der Waals surface area (Å²) < 4.78 is 35.1. The Bertz CT molecular complexity index is 760. The van der Waals surface area contributed by atoms with Crippen LogP contribution in [0.15, 0.2) is 47.4 Å². The largest absolute Gasteiger partial charge is 0.492 e. The van der Waals surface area contributed by atoms with E-state index in [0.29, 0.717) is 18.2 Å². The van der Waals surface area contributed by atoms with E-state index in [-0.39, 0.29) is 15.7 Å². The molecule has 0 aliphatic rings. The summed E-state index contributed by atoms with van der Waals surface area (Å²) >= 11 is 11.5. The highest BCUT2D eigenvalue weighted by molar-refractivity contribution is 7.87. The van der Waals surface area contributed by atoms with Crippen molar-refractivity contribution < 1.29 is 17.3 Å². The van der Waals surface area contributed by atoms with Gasteiger partial charge in [0.1, 0.15) is 23.0 Å². The zero-order valence-corrected chi connectivity index (χ0v) is 14.1. The molecule has 0 aliphatic heterocycles. The highest BCUT2D eigenvalue weighted by Crippen LogP contribution is 2.28. The molecule has 0 unspecified atom stereocenters. The van der Waals surface area contributed by atoms with Crippen LogP contribution in [0.5, 0.6) is 11.5 Å². The minimum absolute atomic E-state index is 0.0820. The van der Waals surface area contributed by atoms with Gasteiger partial charge in [0.2, 0.25) is 0 Å². The average molecular weight is 361 g/mol. The first-order valence-electron chi connectivity index (χ1n) is 6.42. The van der Waals surface area contributed by atoms with Gasteiger partial charge in [-0.05, 0) is 36.8 Å². The topological polar surface area (TPSA) is 52.6 Å². The Balaban J connectivity index is 2.30. The maximum atomic E-state index is 12.3. The first kappa shape index (κ1) is 16.9. The van der Waals surface area contributed by atoms with Gasteiger partial charge in [-0.15, -0.1) is 11.6 Å². The van der Waals surface area contributed by atoms with Crippen molar-refractivity contribution in [3.05, 3.63) is 53.1 Å². The molecule has 0 N–H and O–H groups in total. The molecule has 7 heteroatoms. The van der Waals surface area contributed by atoms with Crippen LogP contribution in [-0.4, -0.2) is 20.9 Å². The Kier molecular flexibility index (Phi) is 5.56. The van der Waals surface area contributed by atoms with E-state index >= 15 is 0 Å². The molecule has 0 radical (unpaired) electrons. The van der Waals surface area contributed by atoms with Crippen molar-refractivity contribution in [2.24, 2.45) is 0 Å². The van der Waals surface area contributed by atoms with Crippen LogP contribution in [0.4, 0.5) is 0 Å². The Hall–Kier alpha value is -1.43. The third-order valence-electron chi connectivity index (χ3n) is 2.68. The number of rotatable bonds is 6. The molecule has 0 aromatic heterocycles. The smallest absolute Gasteiger partial charge is 0.340 e. The summed E-state index contributed by atoms with van der Waals surface area (Å²) in [5.74, 6) is 0.983. The Labute approximate surface area is 139 Å². The lowest BCUT2D eigenvalue weighted by Gasteiger charge is -2.11. The molecule has 2 aromatic carbocycles. The van der Waals surface area contributed by atoms with Crippen molar-refractivity contribution in [3.8, 4) is 11.5 Å². The van der Waals surface area contributed by atoms with E-state index in [1.54, 1.807) is 24.3 Å². The van der Waals surface area contributed by atoms with Gasteiger partial charge in [0, 0.05) is 6.07 Å². The predicted octanol–water partition coefficient (Wildman–Crippen LogP) is 4.03. The molecule has 0 heterocycles. The monoisotopic (exact) mass is 360 g/mol. The van der Waals surface area contributed by atoms with E-state index in [0.717, 1.165) is 5.56 Å². The highest BCUT2D eigenvalue weighted by atomic mass is 35.5. The molecule has 118 valence electrons. The Morgan fingerprint density at radius 1 is 1.09 bits per heavy atom. The number of halogens is 2. The fourth-order valence-electron chi connectivity index (χ4n) is 1.82. The van der Waals surface area contributed by atoms with Crippen molar-refractivity contribution >= 4 is 33.3 Å². The number of benzene rings is 2. The molecule has 0 saturated heterocycles. The molecule has 2 aromatic rings. The summed E-state index contributed by atoms with van der Waals surface area (Å²) in [5.41, 5.74) is 0.802. The lowest BCUT2D eigenvalue weighted by atomic mass is 10.2. The maximum absolute atomic E-state index is 12.3.